The van der Waals surface area contributed by atoms with Crippen molar-refractivity contribution in [3.05, 3.63) is 39.8 Å². The van der Waals surface area contributed by atoms with Crippen LogP contribution >= 0.6 is 22.9 Å². The second-order valence-corrected chi connectivity index (χ2v) is 7.74. The van der Waals surface area contributed by atoms with Gasteiger partial charge in [-0.05, 0) is 19.0 Å². The predicted molar refractivity (Wildman–Crippen MR) is 114 cm³/mol. The van der Waals surface area contributed by atoms with Crippen molar-refractivity contribution in [1.29, 1.82) is 0 Å². The first-order valence-corrected chi connectivity index (χ1v) is 10.6. The number of rotatable bonds is 3. The van der Waals surface area contributed by atoms with Gasteiger partial charge in [-0.1, -0.05) is 11.6 Å². The molecule has 4 heterocycles. The number of hydrogen-bond donors (Lipinski definition) is 3. The monoisotopic (exact) mass is 490 g/mol. The van der Waals surface area contributed by atoms with Crippen LogP contribution in [-0.4, -0.2) is 63.9 Å². The molecule has 4 rings (SSSR count). The van der Waals surface area contributed by atoms with E-state index >= 15 is 0 Å². The maximum Gasteiger partial charge on any atom is 0.490 e. The molecular formula is C18H18ClF3N6O3S. The lowest BCUT2D eigenvalue weighted by Gasteiger charge is -2.20. The van der Waals surface area contributed by atoms with Crippen LogP contribution in [0.1, 0.15) is 16.8 Å². The Morgan fingerprint density at radius 2 is 2.00 bits per heavy atom. The van der Waals surface area contributed by atoms with E-state index in [0.717, 1.165) is 38.4 Å². The molecule has 0 bridgehead atoms. The molecule has 3 aromatic rings. The van der Waals surface area contributed by atoms with Crippen LogP contribution in [0.15, 0.2) is 29.2 Å². The number of halogens is 4. The van der Waals surface area contributed by atoms with E-state index < -0.39 is 12.1 Å². The highest BCUT2D eigenvalue weighted by molar-refractivity contribution is 7.09. The van der Waals surface area contributed by atoms with E-state index in [-0.39, 0.29) is 5.91 Å². The molecule has 3 N–H and O–H groups in total. The number of fused-ring (bicyclic) bond motifs is 1. The summed E-state index contributed by atoms with van der Waals surface area (Å²) in [5.74, 6) is -2.16. The van der Waals surface area contributed by atoms with Gasteiger partial charge in [0.15, 0.2) is 5.65 Å². The number of thiophene rings is 1. The van der Waals surface area contributed by atoms with Crippen molar-refractivity contribution >= 4 is 52.0 Å². The lowest BCUT2D eigenvalue weighted by Crippen LogP contribution is -2.28. The lowest BCUT2D eigenvalue weighted by molar-refractivity contribution is -0.192. The Labute approximate surface area is 188 Å². The number of alkyl halides is 3. The number of hydrogen-bond acceptors (Lipinski definition) is 7. The molecule has 172 valence electrons. The molecule has 3 aromatic heterocycles. The molecule has 1 aliphatic rings. The van der Waals surface area contributed by atoms with Gasteiger partial charge in [-0.15, -0.1) is 11.3 Å². The van der Waals surface area contributed by atoms with Gasteiger partial charge in [0, 0.05) is 36.6 Å². The zero-order valence-electron chi connectivity index (χ0n) is 16.4. The van der Waals surface area contributed by atoms with Gasteiger partial charge in [0.2, 0.25) is 0 Å². The van der Waals surface area contributed by atoms with Crippen molar-refractivity contribution in [3.8, 4) is 0 Å². The van der Waals surface area contributed by atoms with Crippen molar-refractivity contribution in [2.24, 2.45) is 0 Å². The maximum atomic E-state index is 12.6. The second kappa shape index (κ2) is 10.1. The zero-order chi connectivity index (χ0) is 23.3. The van der Waals surface area contributed by atoms with Gasteiger partial charge in [-0.25, -0.2) is 14.3 Å². The molecule has 1 aliphatic heterocycles. The fourth-order valence-electron chi connectivity index (χ4n) is 2.83. The van der Waals surface area contributed by atoms with Gasteiger partial charge >= 0.3 is 12.1 Å². The summed E-state index contributed by atoms with van der Waals surface area (Å²) >= 11 is 7.49. The fourth-order valence-corrected chi connectivity index (χ4v) is 3.79. The Hall–Kier alpha value is -2.90. The van der Waals surface area contributed by atoms with E-state index in [1.165, 1.54) is 17.5 Å². The SMILES string of the molecule is O=C(Nc1cscc1Cl)c1cnn2ccc(N3CCCNCC3)nc12.O=C(O)C(F)(F)F. The Balaban J connectivity index is 0.000000360. The summed E-state index contributed by atoms with van der Waals surface area (Å²) in [6.45, 7) is 3.77. The number of aromatic nitrogens is 3. The number of carboxylic acid groups (broad SMARTS) is 1. The quantitative estimate of drug-likeness (QED) is 0.517. The molecule has 0 saturated carbocycles. The third-order valence-corrected chi connectivity index (χ3v) is 5.55. The van der Waals surface area contributed by atoms with Crippen LogP contribution in [0, 0.1) is 0 Å². The first kappa shape index (κ1) is 23.8. The molecule has 32 heavy (non-hydrogen) atoms. The Bertz CT molecular complexity index is 1100. The van der Waals surface area contributed by atoms with E-state index in [4.69, 9.17) is 21.5 Å². The summed E-state index contributed by atoms with van der Waals surface area (Å²) in [6.07, 6.45) is -0.647. The minimum Gasteiger partial charge on any atom is -0.475 e. The second-order valence-electron chi connectivity index (χ2n) is 6.59. The average molecular weight is 491 g/mol. The van der Waals surface area contributed by atoms with Gasteiger partial charge in [0.25, 0.3) is 5.91 Å². The first-order chi connectivity index (χ1) is 15.2. The highest BCUT2D eigenvalue weighted by Crippen LogP contribution is 2.27. The van der Waals surface area contributed by atoms with E-state index in [1.807, 2.05) is 12.3 Å². The fraction of sp³-hybridized carbons (Fsp3) is 0.333. The van der Waals surface area contributed by atoms with Crippen LogP contribution in [-0.2, 0) is 4.79 Å². The summed E-state index contributed by atoms with van der Waals surface area (Å²) in [5.41, 5.74) is 1.57. The smallest absolute Gasteiger partial charge is 0.475 e. The molecular weight excluding hydrogens is 473 g/mol. The van der Waals surface area contributed by atoms with Crippen molar-refractivity contribution in [1.82, 2.24) is 19.9 Å². The number of nitrogens with one attached hydrogen (secondary N) is 2. The minimum absolute atomic E-state index is 0.266. The van der Waals surface area contributed by atoms with Crippen molar-refractivity contribution in [2.75, 3.05) is 36.4 Å². The van der Waals surface area contributed by atoms with Crippen LogP contribution < -0.4 is 15.5 Å². The molecule has 1 amide bonds. The lowest BCUT2D eigenvalue weighted by atomic mass is 10.3. The molecule has 14 heteroatoms. The summed E-state index contributed by atoms with van der Waals surface area (Å²) in [5, 5.41) is 21.6. The molecule has 0 unspecified atom stereocenters. The van der Waals surface area contributed by atoms with Gasteiger partial charge in [0.1, 0.15) is 11.4 Å². The van der Waals surface area contributed by atoms with Crippen molar-refractivity contribution in [2.45, 2.75) is 12.6 Å². The molecule has 0 spiro atoms. The Kier molecular flexibility index (Phi) is 7.53. The van der Waals surface area contributed by atoms with E-state index in [1.54, 1.807) is 15.3 Å². The molecule has 1 fully saturated rings. The zero-order valence-corrected chi connectivity index (χ0v) is 18.0. The van der Waals surface area contributed by atoms with Gasteiger partial charge in [0.05, 0.1) is 16.9 Å². The van der Waals surface area contributed by atoms with Gasteiger partial charge < -0.3 is 20.6 Å². The number of carbonyl (C=O) groups is 2. The summed E-state index contributed by atoms with van der Waals surface area (Å²) in [4.78, 5) is 28.4. The number of anilines is 2. The van der Waals surface area contributed by atoms with Gasteiger partial charge in [-0.3, -0.25) is 4.79 Å². The van der Waals surface area contributed by atoms with Crippen LogP contribution in [0.4, 0.5) is 24.7 Å². The highest BCUT2D eigenvalue weighted by Gasteiger charge is 2.38. The summed E-state index contributed by atoms with van der Waals surface area (Å²) < 4.78 is 33.4. The number of carbonyl (C=O) groups excluding carboxylic acids is 1. The minimum atomic E-state index is -5.08. The van der Waals surface area contributed by atoms with Crippen LogP contribution in [0.25, 0.3) is 5.65 Å². The van der Waals surface area contributed by atoms with Crippen LogP contribution in [0.5, 0.6) is 0 Å². The van der Waals surface area contributed by atoms with Crippen LogP contribution in [0.2, 0.25) is 5.02 Å². The van der Waals surface area contributed by atoms with Crippen molar-refractivity contribution < 1.29 is 27.9 Å². The van der Waals surface area contributed by atoms with E-state index in [2.05, 4.69) is 25.6 Å². The third-order valence-electron chi connectivity index (χ3n) is 4.37. The molecule has 9 nitrogen and oxygen atoms in total. The Morgan fingerprint density at radius 3 is 2.66 bits per heavy atom. The average Bonchev–Trinajstić information content (AvgIpc) is 3.23. The largest absolute Gasteiger partial charge is 0.490 e. The summed E-state index contributed by atoms with van der Waals surface area (Å²) in [6, 6.07) is 1.93. The normalized spacial score (nSPS) is 14.4. The number of carboxylic acids is 1. The number of nitrogens with zero attached hydrogens (tertiary/aromatic N) is 4. The van der Waals surface area contributed by atoms with E-state index in [0.29, 0.717) is 21.9 Å². The molecule has 0 aromatic carbocycles. The maximum absolute atomic E-state index is 12.6. The van der Waals surface area contributed by atoms with Crippen molar-refractivity contribution in [3.63, 3.8) is 0 Å². The number of aliphatic carboxylic acids is 1. The molecule has 1 saturated heterocycles. The number of amides is 1. The van der Waals surface area contributed by atoms with Gasteiger partial charge in [-0.2, -0.15) is 18.3 Å². The van der Waals surface area contributed by atoms with E-state index in [9.17, 15) is 18.0 Å². The van der Waals surface area contributed by atoms with Crippen LogP contribution in [0.3, 0.4) is 0 Å². The first-order valence-electron chi connectivity index (χ1n) is 9.30. The standard InChI is InChI=1S/C16H17ClN6OS.C2HF3O2/c17-12-9-25-10-13(12)20-16(24)11-8-19-23-6-2-14(21-15(11)23)22-5-1-3-18-4-7-22;3-2(4,5)1(6)7/h2,6,8-10,18H,1,3-5,7H2,(H,20,24);(H,6,7). The molecule has 0 atom stereocenters. The topological polar surface area (TPSA) is 112 Å². The Morgan fingerprint density at radius 1 is 1.25 bits per heavy atom. The molecule has 0 aliphatic carbocycles. The predicted octanol–water partition coefficient (Wildman–Crippen LogP) is 3.13. The molecule has 0 radical (unpaired) electrons. The highest BCUT2D eigenvalue weighted by atomic mass is 35.5. The summed E-state index contributed by atoms with van der Waals surface area (Å²) in [7, 11) is 0. The third kappa shape index (κ3) is 5.87.